The number of sulfonamides is 2. The lowest BCUT2D eigenvalue weighted by atomic mass is 9.65. The molecule has 2 unspecified atom stereocenters. The SMILES string of the molecule is CC(CCC(C)(c1ccc(OCc2ccnc(NS(=O)(=O)c3ccccc3)n2)cc1)c1cc(Cl)c(OCCCl)c(C#N)c1)(c1ccc(COc2ccnc(NS(C)(=O)=O)n2)cc1)c1cc(Cl)c(OCCCl)c(C#N)c1. The van der Waals surface area contributed by atoms with E-state index in [1.54, 1.807) is 48.5 Å². The average Bonchev–Trinajstić information content (AvgIpc) is 3.40. The Morgan fingerprint density at radius 1 is 0.600 bits per heavy atom. The van der Waals surface area contributed by atoms with Crippen LogP contribution in [-0.4, -0.2) is 68.0 Å². The van der Waals surface area contributed by atoms with Gasteiger partial charge < -0.3 is 18.9 Å². The number of hydrogen-bond acceptors (Lipinski definition) is 14. The molecule has 0 amide bonds. The van der Waals surface area contributed by atoms with Crippen molar-refractivity contribution in [2.45, 2.75) is 55.6 Å². The van der Waals surface area contributed by atoms with Crippen molar-refractivity contribution in [1.82, 2.24) is 19.9 Å². The molecule has 7 aromatic rings. The van der Waals surface area contributed by atoms with Gasteiger partial charge in [-0.2, -0.15) is 15.5 Å². The summed E-state index contributed by atoms with van der Waals surface area (Å²) in [7, 11) is -7.55. The molecule has 0 saturated carbocycles. The van der Waals surface area contributed by atoms with Crippen molar-refractivity contribution in [3.05, 3.63) is 182 Å². The first-order valence-corrected chi connectivity index (χ1v) is 28.1. The van der Waals surface area contributed by atoms with Crippen molar-refractivity contribution in [3.8, 4) is 35.3 Å². The molecule has 0 aliphatic heterocycles. The van der Waals surface area contributed by atoms with Crippen LogP contribution < -0.4 is 28.4 Å². The predicted molar refractivity (Wildman–Crippen MR) is 288 cm³/mol. The highest BCUT2D eigenvalue weighted by Gasteiger charge is 2.37. The summed E-state index contributed by atoms with van der Waals surface area (Å²) in [6.45, 7) is 4.44. The second-order valence-electron chi connectivity index (χ2n) is 17.3. The van der Waals surface area contributed by atoms with E-state index >= 15 is 0 Å². The Bertz CT molecular complexity index is 3460. The van der Waals surface area contributed by atoms with Crippen molar-refractivity contribution in [3.63, 3.8) is 0 Å². The van der Waals surface area contributed by atoms with Gasteiger partial charge in [0.2, 0.25) is 27.8 Å². The van der Waals surface area contributed by atoms with Crippen molar-refractivity contribution in [2.75, 3.05) is 40.7 Å². The van der Waals surface area contributed by atoms with Crippen LogP contribution in [0, 0.1) is 22.7 Å². The van der Waals surface area contributed by atoms with Gasteiger partial charge in [-0.25, -0.2) is 36.5 Å². The molecule has 2 aromatic heterocycles. The minimum absolute atomic E-state index is 0.0132. The quantitative estimate of drug-likeness (QED) is 0.0537. The van der Waals surface area contributed by atoms with Gasteiger partial charge >= 0.3 is 0 Å². The first kappa shape index (κ1) is 55.8. The number of nitrogens with zero attached hydrogens (tertiary/aromatic N) is 6. The molecule has 0 saturated heterocycles. The van der Waals surface area contributed by atoms with E-state index in [-0.39, 0.29) is 93.5 Å². The normalized spacial score (nSPS) is 13.0. The molecule has 5 aromatic carbocycles. The fourth-order valence-corrected chi connectivity index (χ4v) is 10.2. The minimum atomic E-state index is -3.93. The molecular formula is C53H48Cl4N8O8S2. The Balaban J connectivity index is 1.23. The molecule has 0 bridgehead atoms. The summed E-state index contributed by atoms with van der Waals surface area (Å²) in [6.07, 6.45) is 4.66. The summed E-state index contributed by atoms with van der Waals surface area (Å²) in [5, 5.41) is 21.3. The van der Waals surface area contributed by atoms with Crippen molar-refractivity contribution in [1.29, 1.82) is 10.5 Å². The number of anilines is 2. The van der Waals surface area contributed by atoms with Crippen molar-refractivity contribution >= 4 is 78.3 Å². The zero-order valence-corrected chi connectivity index (χ0v) is 45.2. The largest absolute Gasteiger partial charge is 0.489 e. The van der Waals surface area contributed by atoms with Crippen LogP contribution >= 0.6 is 46.4 Å². The van der Waals surface area contributed by atoms with Crippen molar-refractivity contribution in [2.24, 2.45) is 0 Å². The van der Waals surface area contributed by atoms with Crippen LogP contribution in [0.5, 0.6) is 23.1 Å². The summed E-state index contributed by atoms with van der Waals surface area (Å²) in [5.74, 6) is 1.19. The zero-order chi connectivity index (χ0) is 53.8. The highest BCUT2D eigenvalue weighted by atomic mass is 35.5. The van der Waals surface area contributed by atoms with E-state index in [0.29, 0.717) is 35.4 Å². The van der Waals surface area contributed by atoms with Gasteiger partial charge in [-0.15, -0.1) is 23.2 Å². The lowest BCUT2D eigenvalue weighted by molar-refractivity contribution is 0.293. The summed E-state index contributed by atoms with van der Waals surface area (Å²) in [5.41, 5.74) is 2.99. The molecule has 0 radical (unpaired) electrons. The van der Waals surface area contributed by atoms with Crippen LogP contribution in [0.3, 0.4) is 0 Å². The fourth-order valence-electron chi connectivity index (χ4n) is 8.12. The Morgan fingerprint density at radius 3 is 1.64 bits per heavy atom. The molecule has 2 N–H and O–H groups in total. The van der Waals surface area contributed by atoms with Crippen LogP contribution in [0.25, 0.3) is 0 Å². The fraction of sp³-hybridized carbons (Fsp3) is 0.245. The van der Waals surface area contributed by atoms with Gasteiger partial charge in [0.1, 0.15) is 44.3 Å². The molecule has 0 aliphatic rings. The topological polar surface area (TPSA) is 228 Å². The number of alkyl halides is 2. The highest BCUT2D eigenvalue weighted by molar-refractivity contribution is 7.92. The Labute approximate surface area is 455 Å². The van der Waals surface area contributed by atoms with Crippen LogP contribution in [0.4, 0.5) is 11.9 Å². The van der Waals surface area contributed by atoms with Crippen molar-refractivity contribution < 1.29 is 35.8 Å². The summed E-state index contributed by atoms with van der Waals surface area (Å²) < 4.78 is 77.9. The number of rotatable bonds is 24. The smallest absolute Gasteiger partial charge is 0.264 e. The van der Waals surface area contributed by atoms with E-state index < -0.39 is 30.9 Å². The Morgan fingerprint density at radius 2 is 1.12 bits per heavy atom. The number of hydrogen-bond donors (Lipinski definition) is 2. The van der Waals surface area contributed by atoms with Crippen LogP contribution in [0.15, 0.2) is 133 Å². The number of nitriles is 2. The number of aromatic nitrogens is 4. The van der Waals surface area contributed by atoms with Crippen LogP contribution in [0.1, 0.15) is 71.3 Å². The summed E-state index contributed by atoms with van der Waals surface area (Å²) in [6, 6.07) is 37.8. The standard InChI is InChI=1S/C53H48Cl4N8O8S2/c1-52(40-27-36(31-58)48(45(56)29-40)70-25-21-54,38-11-9-35(10-12-38)33-73-47-18-24-61-51(63-47)64-74(3,66)67)19-20-53(2,41-28-37(32-59)49(46(57)30-41)71-26-22-55)39-13-15-43(16-14-39)72-34-42-17-23-60-50(62-42)65-75(68,69)44-7-5-4-6-8-44/h4-18,23-24,27-30H,19-22,25-26,33-34H2,1-3H3,(H,60,62,65)(H,61,63,64). The van der Waals surface area contributed by atoms with Crippen LogP contribution in [0.2, 0.25) is 10.0 Å². The molecule has 0 aliphatic carbocycles. The van der Waals surface area contributed by atoms with Gasteiger partial charge in [0.05, 0.1) is 49.8 Å². The first-order valence-electron chi connectivity index (χ1n) is 22.9. The monoisotopic (exact) mass is 1130 g/mol. The maximum atomic E-state index is 13.0. The number of benzene rings is 5. The van der Waals surface area contributed by atoms with Gasteiger partial charge in [0.25, 0.3) is 10.0 Å². The summed E-state index contributed by atoms with van der Waals surface area (Å²) in [4.78, 5) is 16.6. The van der Waals surface area contributed by atoms with E-state index in [9.17, 15) is 27.4 Å². The maximum Gasteiger partial charge on any atom is 0.264 e. The molecule has 388 valence electrons. The van der Waals surface area contributed by atoms with E-state index in [1.165, 1.54) is 30.6 Å². The lowest BCUT2D eigenvalue weighted by Crippen LogP contribution is -2.31. The molecule has 16 nitrogen and oxygen atoms in total. The van der Waals surface area contributed by atoms with E-state index in [4.69, 9.17) is 65.4 Å². The molecular weight excluding hydrogens is 1080 g/mol. The van der Waals surface area contributed by atoms with E-state index in [2.05, 4.69) is 55.4 Å². The maximum absolute atomic E-state index is 13.0. The molecule has 2 heterocycles. The Hall–Kier alpha value is -6.90. The molecule has 7 rings (SSSR count). The predicted octanol–water partition coefficient (Wildman–Crippen LogP) is 11.0. The molecule has 2 atom stereocenters. The molecule has 22 heteroatoms. The third-order valence-corrected chi connectivity index (χ3v) is 14.9. The molecule has 0 spiro atoms. The summed E-state index contributed by atoms with van der Waals surface area (Å²) >= 11 is 25.8. The van der Waals surface area contributed by atoms with Gasteiger partial charge in [0.15, 0.2) is 11.5 Å². The minimum Gasteiger partial charge on any atom is -0.489 e. The third kappa shape index (κ3) is 14.1. The first-order chi connectivity index (χ1) is 35.9. The third-order valence-electron chi connectivity index (χ3n) is 12.1. The number of nitrogens with one attached hydrogen (secondary N) is 2. The second kappa shape index (κ2) is 24.6. The Kier molecular flexibility index (Phi) is 18.3. The van der Waals surface area contributed by atoms with Crippen LogP contribution in [-0.2, 0) is 44.1 Å². The van der Waals surface area contributed by atoms with Gasteiger partial charge in [-0.1, -0.05) is 91.6 Å². The second-order valence-corrected chi connectivity index (χ2v) is 22.3. The molecule has 0 fully saturated rings. The van der Waals surface area contributed by atoms with Gasteiger partial charge in [0, 0.05) is 29.3 Å². The average molecular weight is 1130 g/mol. The molecule has 75 heavy (non-hydrogen) atoms. The number of halogens is 4. The van der Waals surface area contributed by atoms with Gasteiger partial charge in [-0.05, 0) is 95.3 Å². The highest BCUT2D eigenvalue weighted by Crippen LogP contribution is 2.47. The van der Waals surface area contributed by atoms with E-state index in [1.807, 2.05) is 48.5 Å². The van der Waals surface area contributed by atoms with Gasteiger partial charge in [-0.3, -0.25) is 4.72 Å². The zero-order valence-electron chi connectivity index (χ0n) is 40.6. The number of ether oxygens (including phenoxy) is 4. The lowest BCUT2D eigenvalue weighted by Gasteiger charge is -2.38. The van der Waals surface area contributed by atoms with E-state index in [0.717, 1.165) is 22.9 Å².